The lowest BCUT2D eigenvalue weighted by Crippen LogP contribution is -2.25. The van der Waals surface area contributed by atoms with E-state index in [1.807, 2.05) is 54.6 Å². The Hall–Kier alpha value is -8.36. The Morgan fingerprint density at radius 3 is 0.959 bits per heavy atom. The van der Waals surface area contributed by atoms with E-state index in [4.69, 9.17) is 9.47 Å². The number of ether oxygens (including phenoxy) is 2. The molecular weight excluding hydrogens is 1210 g/mol. The van der Waals surface area contributed by atoms with Gasteiger partial charge in [-0.2, -0.15) is 0 Å². The van der Waals surface area contributed by atoms with Crippen LogP contribution in [-0.2, 0) is 38.9 Å². The van der Waals surface area contributed by atoms with Crippen molar-refractivity contribution in [1.82, 2.24) is 9.13 Å². The smallest absolute Gasteiger partial charge is 0.165 e. The monoisotopic (exact) mass is 1320 g/mol. The van der Waals surface area contributed by atoms with Crippen LogP contribution in [0.1, 0.15) is 204 Å². The number of hydrogen-bond donors (Lipinski definition) is 2. The molecule has 2 aromatic heterocycles. The van der Waals surface area contributed by atoms with Crippen LogP contribution in [0.5, 0.6) is 23.0 Å². The molecule has 9 aromatic carbocycles. The molecule has 0 bridgehead atoms. The zero-order valence-corrected chi connectivity index (χ0v) is 62.6. The number of hydrogen-bond acceptors (Lipinski definition) is 4. The highest BCUT2D eigenvalue weighted by Crippen LogP contribution is 2.51. The fraction of sp³-hybridized carbons (Fsp3) is 0.400. The molecule has 0 fully saturated rings. The van der Waals surface area contributed by atoms with E-state index in [-0.39, 0.29) is 68.7 Å². The maximum Gasteiger partial charge on any atom is 0.165 e. The first-order chi connectivity index (χ1) is 45.5. The van der Waals surface area contributed by atoms with E-state index in [9.17, 15) is 10.2 Å². The Kier molecular flexibility index (Phi) is 18.4. The average Bonchev–Trinajstić information content (AvgIpc) is 1.55. The molecule has 0 amide bonds. The Labute approximate surface area is 583 Å². The van der Waals surface area contributed by atoms with Gasteiger partial charge < -0.3 is 28.8 Å². The van der Waals surface area contributed by atoms with Gasteiger partial charge in [-0.1, -0.05) is 231 Å². The topological polar surface area (TPSA) is 68.8 Å². The molecule has 0 aliphatic carbocycles. The third-order valence-electron chi connectivity index (χ3n) is 20.0. The van der Waals surface area contributed by atoms with E-state index in [2.05, 4.69) is 246 Å². The van der Waals surface area contributed by atoms with Crippen molar-refractivity contribution in [3.8, 4) is 56.6 Å². The SMILES string of the molecule is CC(C)(C)CC(C)(C)c1cc(-c2cccc(F)c2OCC(COc2c(F)cccc2-c2cc(C(C)(C)CC(C)(C)C)cc(-n3c4ccc(C(C)(C)C)cc4c4cc(C(C)(C)C)ccc43)c2O)Cc2ccccc2)c(O)c(-n2c3ccc(C(C)(C)C)cc3c3cc(C(C)(C)C)ccc32)c1. The molecular formula is C90H106F2N2O4. The van der Waals surface area contributed by atoms with Crippen molar-refractivity contribution in [2.45, 2.75) is 204 Å². The molecule has 2 heterocycles. The third kappa shape index (κ3) is 14.4. The summed E-state index contributed by atoms with van der Waals surface area (Å²) in [5.74, 6) is -1.70. The predicted octanol–water partition coefficient (Wildman–Crippen LogP) is 24.8. The first-order valence-corrected chi connectivity index (χ1v) is 35.3. The molecule has 0 atom stereocenters. The number of fused-ring (bicyclic) bond motifs is 6. The van der Waals surface area contributed by atoms with Crippen LogP contribution in [0.3, 0.4) is 0 Å². The van der Waals surface area contributed by atoms with E-state index < -0.39 is 28.4 Å². The highest BCUT2D eigenvalue weighted by Gasteiger charge is 2.35. The van der Waals surface area contributed by atoms with Crippen molar-refractivity contribution in [2.24, 2.45) is 16.7 Å². The Morgan fingerprint density at radius 2 is 0.663 bits per heavy atom. The summed E-state index contributed by atoms with van der Waals surface area (Å²) in [4.78, 5) is 0. The standard InChI is InChI=1S/C90H106F2N2O4/c1-83(2,3)53-89(19,20)61-47-69(79(95)77(49-61)93-73-38-34-57(85(7,8)9)43-65(73)66-44-58(86(10,11)12)35-39-74(66)93)63-30-26-32-71(91)81(63)97-51-56(42-55-28-24-23-25-29-55)52-98-82-64(31-27-33-72(82)92)70-48-62(90(21,22)54-84(4,5)6)50-78(80(70)96)94-75-40-36-59(87(13,14)15)45-67(75)68-46-60(88(16,17)18)37-41-76(68)94/h23-41,43-50,56,95-96H,42,51-54H2,1-22H3. The zero-order chi connectivity index (χ0) is 71.4. The maximum atomic E-state index is 17.3. The minimum absolute atomic E-state index is 0.00891. The van der Waals surface area contributed by atoms with Crippen LogP contribution in [-0.4, -0.2) is 32.6 Å². The molecule has 98 heavy (non-hydrogen) atoms. The Bertz CT molecular complexity index is 4390. The molecule has 0 aliphatic rings. The van der Waals surface area contributed by atoms with Gasteiger partial charge in [0.25, 0.3) is 0 Å². The second kappa shape index (κ2) is 25.4. The van der Waals surface area contributed by atoms with Crippen LogP contribution in [0.4, 0.5) is 8.78 Å². The van der Waals surface area contributed by atoms with Crippen LogP contribution in [0.2, 0.25) is 0 Å². The van der Waals surface area contributed by atoms with Gasteiger partial charge in [0, 0.05) is 49.7 Å². The number of halogens is 2. The van der Waals surface area contributed by atoms with Gasteiger partial charge in [-0.3, -0.25) is 0 Å². The highest BCUT2D eigenvalue weighted by molar-refractivity contribution is 6.11. The molecule has 11 rings (SSSR count). The lowest BCUT2D eigenvalue weighted by Gasteiger charge is -2.34. The molecule has 2 N–H and O–H groups in total. The van der Waals surface area contributed by atoms with E-state index >= 15 is 8.78 Å². The first kappa shape index (κ1) is 70.9. The number of rotatable bonds is 16. The number of nitrogens with zero attached hydrogens (tertiary/aromatic N) is 2. The van der Waals surface area contributed by atoms with Crippen molar-refractivity contribution in [1.29, 1.82) is 0 Å². The molecule has 514 valence electrons. The fourth-order valence-corrected chi connectivity index (χ4v) is 15.3. The maximum absolute atomic E-state index is 17.3. The minimum Gasteiger partial charge on any atom is -0.505 e. The van der Waals surface area contributed by atoms with Gasteiger partial charge in [-0.25, -0.2) is 8.78 Å². The number of aromatic nitrogens is 2. The van der Waals surface area contributed by atoms with Crippen molar-refractivity contribution in [2.75, 3.05) is 13.2 Å². The summed E-state index contributed by atoms with van der Waals surface area (Å²) in [6.07, 6.45) is 2.08. The number of phenolic OH excluding ortho intramolecular Hbond substituents is 2. The van der Waals surface area contributed by atoms with Gasteiger partial charge in [0.2, 0.25) is 0 Å². The van der Waals surface area contributed by atoms with Crippen LogP contribution in [0.25, 0.3) is 77.2 Å². The molecule has 0 radical (unpaired) electrons. The van der Waals surface area contributed by atoms with Gasteiger partial charge in [0.1, 0.15) is 11.5 Å². The molecule has 0 saturated heterocycles. The molecule has 11 aromatic rings. The molecule has 0 unspecified atom stereocenters. The molecule has 6 nitrogen and oxygen atoms in total. The first-order valence-electron chi connectivity index (χ1n) is 35.3. The van der Waals surface area contributed by atoms with Crippen LogP contribution >= 0.6 is 0 Å². The average molecular weight is 1320 g/mol. The van der Waals surface area contributed by atoms with E-state index in [1.54, 1.807) is 12.1 Å². The fourth-order valence-electron chi connectivity index (χ4n) is 15.3. The van der Waals surface area contributed by atoms with Crippen molar-refractivity contribution >= 4 is 43.6 Å². The van der Waals surface area contributed by atoms with Crippen molar-refractivity contribution in [3.05, 3.63) is 214 Å². The lowest BCUT2D eigenvalue weighted by molar-refractivity contribution is 0.169. The number of para-hydroxylation sites is 2. The molecule has 0 saturated carbocycles. The van der Waals surface area contributed by atoms with Crippen LogP contribution in [0.15, 0.2) is 164 Å². The normalized spacial score (nSPS) is 13.3. The largest absolute Gasteiger partial charge is 0.505 e. The van der Waals surface area contributed by atoms with Gasteiger partial charge >= 0.3 is 0 Å². The van der Waals surface area contributed by atoms with Crippen molar-refractivity contribution in [3.63, 3.8) is 0 Å². The summed E-state index contributed by atoms with van der Waals surface area (Å²) in [6, 6.07) is 54.8. The van der Waals surface area contributed by atoms with E-state index in [0.29, 0.717) is 40.0 Å². The summed E-state index contributed by atoms with van der Waals surface area (Å²) in [5.41, 5.74) is 13.0. The van der Waals surface area contributed by atoms with Gasteiger partial charge in [-0.15, -0.1) is 0 Å². The quantitative estimate of drug-likeness (QED) is 0.101. The number of aromatic hydroxyl groups is 2. The summed E-state index contributed by atoms with van der Waals surface area (Å²) in [5, 5.41) is 30.9. The summed E-state index contributed by atoms with van der Waals surface area (Å²) in [7, 11) is 0. The summed E-state index contributed by atoms with van der Waals surface area (Å²) >= 11 is 0. The van der Waals surface area contributed by atoms with Gasteiger partial charge in [0.05, 0.1) is 46.7 Å². The van der Waals surface area contributed by atoms with Crippen molar-refractivity contribution < 1.29 is 28.5 Å². The molecule has 0 spiro atoms. The second-order valence-electron chi connectivity index (χ2n) is 36.0. The third-order valence-corrected chi connectivity index (χ3v) is 20.0. The Balaban J connectivity index is 1.04. The molecule has 8 heteroatoms. The van der Waals surface area contributed by atoms with Crippen LogP contribution < -0.4 is 9.47 Å². The lowest BCUT2D eigenvalue weighted by atomic mass is 9.71. The number of benzene rings is 9. The molecule has 0 aliphatic heterocycles. The Morgan fingerprint density at radius 1 is 0.347 bits per heavy atom. The van der Waals surface area contributed by atoms with Crippen LogP contribution in [0, 0.1) is 28.4 Å². The second-order valence-corrected chi connectivity index (χ2v) is 36.0. The zero-order valence-electron chi connectivity index (χ0n) is 62.6. The number of phenols is 2. The minimum atomic E-state index is -0.590. The van der Waals surface area contributed by atoms with E-state index in [1.165, 1.54) is 34.4 Å². The predicted molar refractivity (Wildman–Crippen MR) is 409 cm³/mol. The van der Waals surface area contributed by atoms with E-state index in [0.717, 1.165) is 73.1 Å². The highest BCUT2D eigenvalue weighted by atomic mass is 19.1. The van der Waals surface area contributed by atoms with Gasteiger partial charge in [0.15, 0.2) is 23.1 Å². The summed E-state index contributed by atoms with van der Waals surface area (Å²) in [6.45, 7) is 49.2. The summed E-state index contributed by atoms with van der Waals surface area (Å²) < 4.78 is 52.7. The van der Waals surface area contributed by atoms with Gasteiger partial charge in [-0.05, 0) is 186 Å².